The molecular weight excluding hydrogens is 360 g/mol. The van der Waals surface area contributed by atoms with Gasteiger partial charge in [0.15, 0.2) is 0 Å². The van der Waals surface area contributed by atoms with Crippen molar-refractivity contribution < 1.29 is 9.47 Å². The number of allylic oxidation sites excluding steroid dienone is 4. The van der Waals surface area contributed by atoms with Crippen molar-refractivity contribution in [2.45, 2.75) is 25.7 Å². The van der Waals surface area contributed by atoms with Gasteiger partial charge < -0.3 is 14.5 Å². The van der Waals surface area contributed by atoms with Crippen LogP contribution in [0.25, 0.3) is 22.5 Å². The maximum Gasteiger partial charge on any atom is 0.118 e. The molecule has 1 aromatic heterocycles. The Kier molecular flexibility index (Phi) is 5.01. The Balaban J connectivity index is 1.82. The third-order valence-corrected chi connectivity index (χ3v) is 5.55. The third kappa shape index (κ3) is 3.70. The highest BCUT2D eigenvalue weighted by atomic mass is 16.5. The summed E-state index contributed by atoms with van der Waals surface area (Å²) in [6.07, 6.45) is 7.61. The molecule has 0 spiro atoms. The van der Waals surface area contributed by atoms with Gasteiger partial charge in [-0.05, 0) is 68.8 Å². The van der Waals surface area contributed by atoms with Crippen LogP contribution in [0.2, 0.25) is 0 Å². The maximum absolute atomic E-state index is 5.32. The topological polar surface area (TPSA) is 47.1 Å². The molecule has 148 valence electrons. The van der Waals surface area contributed by atoms with Crippen molar-refractivity contribution in [3.05, 3.63) is 78.2 Å². The van der Waals surface area contributed by atoms with Gasteiger partial charge in [0.2, 0.25) is 0 Å². The third-order valence-electron chi connectivity index (χ3n) is 5.55. The van der Waals surface area contributed by atoms with E-state index in [-0.39, 0.29) is 5.41 Å². The largest absolute Gasteiger partial charge is 0.497 e. The number of hydrogen-bond acceptors (Lipinski definition) is 3. The summed E-state index contributed by atoms with van der Waals surface area (Å²) in [5.41, 5.74) is 5.20. The Morgan fingerprint density at radius 2 is 1.48 bits per heavy atom. The summed E-state index contributed by atoms with van der Waals surface area (Å²) >= 11 is 0. The number of ether oxygens (including phenoxy) is 2. The highest BCUT2D eigenvalue weighted by molar-refractivity contribution is 5.79. The predicted octanol–water partition coefficient (Wildman–Crippen LogP) is 5.92. The van der Waals surface area contributed by atoms with Crippen molar-refractivity contribution in [3.63, 3.8) is 0 Å². The van der Waals surface area contributed by atoms with Crippen LogP contribution in [-0.4, -0.2) is 24.2 Å². The van der Waals surface area contributed by atoms with Crippen LogP contribution in [-0.2, 0) is 5.41 Å². The zero-order valence-corrected chi connectivity index (χ0v) is 17.3. The number of rotatable bonds is 5. The zero-order valence-electron chi connectivity index (χ0n) is 17.3. The van der Waals surface area contributed by atoms with Crippen molar-refractivity contribution in [1.82, 2.24) is 9.97 Å². The molecule has 1 aliphatic rings. The first kappa shape index (κ1) is 19.1. The second kappa shape index (κ2) is 7.63. The van der Waals surface area contributed by atoms with Gasteiger partial charge in [0.05, 0.1) is 25.6 Å². The van der Waals surface area contributed by atoms with Crippen molar-refractivity contribution in [2.75, 3.05) is 14.2 Å². The fraction of sp³-hybridized carbons (Fsp3) is 0.240. The van der Waals surface area contributed by atoms with E-state index < -0.39 is 0 Å². The first-order chi connectivity index (χ1) is 14.0. The van der Waals surface area contributed by atoms with Crippen LogP contribution >= 0.6 is 0 Å². The van der Waals surface area contributed by atoms with Gasteiger partial charge in [0.1, 0.15) is 17.3 Å². The monoisotopic (exact) mass is 386 g/mol. The smallest absolute Gasteiger partial charge is 0.118 e. The molecule has 0 bridgehead atoms. The summed E-state index contributed by atoms with van der Waals surface area (Å²) < 4.78 is 10.6. The van der Waals surface area contributed by atoms with Gasteiger partial charge in [-0.3, -0.25) is 0 Å². The highest BCUT2D eigenvalue weighted by Crippen LogP contribution is 2.38. The molecule has 1 N–H and O–H groups in total. The van der Waals surface area contributed by atoms with Gasteiger partial charge in [0.25, 0.3) is 0 Å². The van der Waals surface area contributed by atoms with Crippen molar-refractivity contribution in [2.24, 2.45) is 0 Å². The number of benzene rings is 2. The molecular formula is C25H26N2O2. The van der Waals surface area contributed by atoms with Crippen molar-refractivity contribution in [1.29, 1.82) is 0 Å². The van der Waals surface area contributed by atoms with Gasteiger partial charge in [-0.15, -0.1) is 0 Å². The molecule has 0 aliphatic heterocycles. The molecule has 1 atom stereocenters. The second-order valence-electron chi connectivity index (χ2n) is 7.67. The molecule has 2 aromatic carbocycles. The molecule has 1 unspecified atom stereocenters. The lowest BCUT2D eigenvalue weighted by Crippen LogP contribution is -2.21. The number of nitrogens with one attached hydrogen (secondary N) is 1. The fourth-order valence-corrected chi connectivity index (χ4v) is 3.57. The minimum absolute atomic E-state index is 0.161. The standard InChI is InChI=1S/C25H26N2O2/c1-17-13-15-25(2,16-14-17)24-26-22(18-5-9-20(28-3)10-6-18)23(27-24)19-7-11-21(29-4)12-8-19/h5-15H,16H2,1-4H3,(H,26,27). The lowest BCUT2D eigenvalue weighted by Gasteiger charge is -2.25. The Morgan fingerprint density at radius 1 is 0.897 bits per heavy atom. The van der Waals surface area contributed by atoms with Crippen LogP contribution in [0, 0.1) is 0 Å². The van der Waals surface area contributed by atoms with Crippen molar-refractivity contribution >= 4 is 0 Å². The molecule has 0 saturated carbocycles. The van der Waals surface area contributed by atoms with E-state index in [0.717, 1.165) is 46.3 Å². The number of hydrogen-bond donors (Lipinski definition) is 1. The Bertz CT molecular complexity index is 994. The lowest BCUT2D eigenvalue weighted by atomic mass is 9.81. The normalized spacial score (nSPS) is 18.4. The summed E-state index contributed by atoms with van der Waals surface area (Å²) in [6.45, 7) is 4.35. The summed E-state index contributed by atoms with van der Waals surface area (Å²) in [7, 11) is 3.36. The molecule has 0 fully saturated rings. The molecule has 4 rings (SSSR count). The molecule has 29 heavy (non-hydrogen) atoms. The van der Waals surface area contributed by atoms with Crippen LogP contribution < -0.4 is 9.47 Å². The van der Waals surface area contributed by atoms with Crippen LogP contribution in [0.3, 0.4) is 0 Å². The van der Waals surface area contributed by atoms with Gasteiger partial charge in [-0.2, -0.15) is 0 Å². The average molecular weight is 386 g/mol. The molecule has 0 radical (unpaired) electrons. The lowest BCUT2D eigenvalue weighted by molar-refractivity contribution is 0.414. The van der Waals surface area contributed by atoms with Crippen molar-refractivity contribution in [3.8, 4) is 34.0 Å². The van der Waals surface area contributed by atoms with Crippen LogP contribution in [0.4, 0.5) is 0 Å². The average Bonchev–Trinajstić information content (AvgIpc) is 3.22. The predicted molar refractivity (Wildman–Crippen MR) is 117 cm³/mol. The molecule has 1 heterocycles. The van der Waals surface area contributed by atoms with E-state index in [1.807, 2.05) is 24.3 Å². The van der Waals surface area contributed by atoms with Gasteiger partial charge in [0, 0.05) is 16.5 Å². The quantitative estimate of drug-likeness (QED) is 0.592. The number of methoxy groups -OCH3 is 2. The van der Waals surface area contributed by atoms with Crippen LogP contribution in [0.15, 0.2) is 72.3 Å². The molecule has 1 aliphatic carbocycles. The van der Waals surface area contributed by atoms with E-state index >= 15 is 0 Å². The summed E-state index contributed by atoms with van der Waals surface area (Å²) in [5, 5.41) is 0. The Morgan fingerprint density at radius 3 is 2.00 bits per heavy atom. The number of aromatic amines is 1. The minimum Gasteiger partial charge on any atom is -0.497 e. The minimum atomic E-state index is -0.161. The van der Waals surface area contributed by atoms with E-state index in [0.29, 0.717) is 0 Å². The van der Waals surface area contributed by atoms with Crippen LogP contribution in [0.1, 0.15) is 26.1 Å². The first-order valence-electron chi connectivity index (χ1n) is 9.78. The van der Waals surface area contributed by atoms with E-state index in [9.17, 15) is 0 Å². The Labute approximate surface area is 171 Å². The molecule has 0 amide bonds. The molecule has 4 nitrogen and oxygen atoms in total. The van der Waals surface area contributed by atoms with Gasteiger partial charge in [-0.25, -0.2) is 4.98 Å². The molecule has 4 heteroatoms. The van der Waals surface area contributed by atoms with E-state index in [1.54, 1.807) is 14.2 Å². The molecule has 3 aromatic rings. The highest BCUT2D eigenvalue weighted by Gasteiger charge is 2.29. The Hall–Kier alpha value is -3.27. The van der Waals surface area contributed by atoms with Crippen LogP contribution in [0.5, 0.6) is 11.5 Å². The van der Waals surface area contributed by atoms with Gasteiger partial charge >= 0.3 is 0 Å². The second-order valence-corrected chi connectivity index (χ2v) is 7.67. The van der Waals surface area contributed by atoms with E-state index in [4.69, 9.17) is 14.5 Å². The van der Waals surface area contributed by atoms with E-state index in [2.05, 4.69) is 61.3 Å². The van der Waals surface area contributed by atoms with E-state index in [1.165, 1.54) is 5.57 Å². The first-order valence-corrected chi connectivity index (χ1v) is 9.78. The number of H-pyrrole nitrogens is 1. The summed E-state index contributed by atoms with van der Waals surface area (Å²) in [4.78, 5) is 8.69. The fourth-order valence-electron chi connectivity index (χ4n) is 3.57. The maximum atomic E-state index is 5.32. The number of imidazole rings is 1. The number of aromatic nitrogens is 2. The SMILES string of the molecule is COc1ccc(-c2nc(C3(C)C=CC(C)=CC3)[nH]c2-c2ccc(OC)cc2)cc1. The zero-order chi connectivity index (χ0) is 20.4. The summed E-state index contributed by atoms with van der Waals surface area (Å²) in [5.74, 6) is 2.63. The summed E-state index contributed by atoms with van der Waals surface area (Å²) in [6, 6.07) is 16.1. The number of nitrogens with zero attached hydrogens (tertiary/aromatic N) is 1. The van der Waals surface area contributed by atoms with Gasteiger partial charge in [-0.1, -0.05) is 23.8 Å². The molecule has 0 saturated heterocycles.